The van der Waals surface area contributed by atoms with Crippen LogP contribution in [0.15, 0.2) is 64.0 Å². The van der Waals surface area contributed by atoms with E-state index in [1.165, 1.54) is 0 Å². The lowest BCUT2D eigenvalue weighted by molar-refractivity contribution is -0.782. The summed E-state index contributed by atoms with van der Waals surface area (Å²) in [5.74, 6) is -0.111. The van der Waals surface area contributed by atoms with Gasteiger partial charge in [-0.25, -0.2) is 4.99 Å². The number of benzene rings is 1. The number of aryl methyl sites for hydroxylation is 1. The zero-order valence-electron chi connectivity index (χ0n) is 20.0. The molecule has 1 aromatic heterocycles. The van der Waals surface area contributed by atoms with Gasteiger partial charge in [0.15, 0.2) is 5.84 Å². The molecule has 4 heterocycles. The second-order valence-electron chi connectivity index (χ2n) is 8.78. The summed E-state index contributed by atoms with van der Waals surface area (Å²) in [5, 5.41) is 12.4. The van der Waals surface area contributed by atoms with Crippen molar-refractivity contribution in [2.75, 3.05) is 32.9 Å². The Morgan fingerprint density at radius 1 is 1.31 bits per heavy atom. The number of nitrogens with one attached hydrogen (secondary N) is 2. The molecule has 3 unspecified atom stereocenters. The van der Waals surface area contributed by atoms with Gasteiger partial charge in [0.25, 0.3) is 0 Å². The first-order valence-corrected chi connectivity index (χ1v) is 11.9. The molecule has 186 valence electrons. The average Bonchev–Trinajstić information content (AvgIpc) is 3.35. The second-order valence-corrected chi connectivity index (χ2v) is 8.78. The summed E-state index contributed by atoms with van der Waals surface area (Å²) >= 11 is 0. The second kappa shape index (κ2) is 10.9. The molecule has 0 bridgehead atoms. The van der Waals surface area contributed by atoms with Gasteiger partial charge in [-0.1, -0.05) is 23.3 Å². The molecule has 0 spiro atoms. The predicted octanol–water partition coefficient (Wildman–Crippen LogP) is -0.390. The van der Waals surface area contributed by atoms with Gasteiger partial charge in [0.05, 0.1) is 44.6 Å². The van der Waals surface area contributed by atoms with Crippen LogP contribution in [0.3, 0.4) is 0 Å². The van der Waals surface area contributed by atoms with Crippen LogP contribution in [0.25, 0.3) is 0 Å². The molecule has 3 aliphatic heterocycles. The molecule has 2 aromatic rings. The number of hydrogen-bond acceptors (Lipinski definition) is 8. The molecule has 11 nitrogen and oxygen atoms in total. The Morgan fingerprint density at radius 3 is 2.97 bits per heavy atom. The molecule has 1 fully saturated rings. The molecule has 36 heavy (non-hydrogen) atoms. The number of ether oxygens (including phenoxy) is 2. The first-order valence-electron chi connectivity index (χ1n) is 11.9. The van der Waals surface area contributed by atoms with Crippen molar-refractivity contribution < 1.29 is 24.1 Å². The fraction of sp³-hybridized carbons (Fsp3) is 0.360. The van der Waals surface area contributed by atoms with Crippen molar-refractivity contribution in [3.05, 3.63) is 60.1 Å². The summed E-state index contributed by atoms with van der Waals surface area (Å²) in [6.07, 6.45) is 8.74. The highest BCUT2D eigenvalue weighted by atomic mass is 16.6. The number of carbonyl (C=O) groups is 2. The molecule has 0 aliphatic carbocycles. The summed E-state index contributed by atoms with van der Waals surface area (Å²) in [6, 6.07) is 7.72. The van der Waals surface area contributed by atoms with E-state index in [4.69, 9.17) is 9.47 Å². The van der Waals surface area contributed by atoms with Crippen molar-refractivity contribution in [2.24, 2.45) is 28.1 Å². The quantitative estimate of drug-likeness (QED) is 0.547. The minimum atomic E-state index is -0.427. The zero-order chi connectivity index (χ0) is 24.9. The molecule has 1 aromatic carbocycles. The Kier molecular flexibility index (Phi) is 7.21. The maximum absolute atomic E-state index is 12.5. The number of quaternary nitrogens is 1. The Bertz CT molecular complexity index is 1260. The lowest BCUT2D eigenvalue weighted by Gasteiger charge is -2.24. The molecular formula is C25H28N7O4+. The van der Waals surface area contributed by atoms with Crippen LogP contribution in [0, 0.1) is 5.92 Å². The number of amides is 1. The standard InChI is InChI=1S/C25H27N7O4/c1-31-15-20(13-29-31)32-6-5-23(33)22(30-32)10-17-3-2-4-18(9-17)24-26-11-19(12-27-24)25(34)28-14-21-16-35-7-8-36-21/h2-6,9,11,13,15,19,21H,7-8,10,12,14,16H2,1H3,(H,28,34)/p+1. The highest BCUT2D eigenvalue weighted by Crippen LogP contribution is 2.13. The largest absolute Gasteiger partial charge is 0.376 e. The minimum Gasteiger partial charge on any atom is -0.376 e. The van der Waals surface area contributed by atoms with Crippen LogP contribution in [0.1, 0.15) is 11.1 Å². The summed E-state index contributed by atoms with van der Waals surface area (Å²) in [6.45, 7) is 2.33. The fourth-order valence-electron chi connectivity index (χ4n) is 4.09. The van der Waals surface area contributed by atoms with Crippen LogP contribution in [0.4, 0.5) is 5.69 Å². The van der Waals surface area contributed by atoms with E-state index in [2.05, 4.69) is 25.5 Å². The molecule has 3 aliphatic rings. The average molecular weight is 491 g/mol. The number of ketones is 1. The van der Waals surface area contributed by atoms with Crippen molar-refractivity contribution in [1.82, 2.24) is 15.1 Å². The van der Waals surface area contributed by atoms with Gasteiger partial charge in [-0.2, -0.15) is 5.10 Å². The lowest BCUT2D eigenvalue weighted by atomic mass is 10.0. The Hall–Kier alpha value is -3.80. The smallest absolute Gasteiger partial charge is 0.230 e. The molecule has 11 heteroatoms. The van der Waals surface area contributed by atoms with Crippen molar-refractivity contribution >= 4 is 35.1 Å². The first-order chi connectivity index (χ1) is 17.5. The number of amidine groups is 1. The van der Waals surface area contributed by atoms with Gasteiger partial charge in [-0.05, 0) is 11.6 Å². The summed E-state index contributed by atoms with van der Waals surface area (Å²) in [7, 11) is 1.84. The van der Waals surface area contributed by atoms with Gasteiger partial charge in [0.1, 0.15) is 18.1 Å². The van der Waals surface area contributed by atoms with E-state index in [1.54, 1.807) is 29.4 Å². The highest BCUT2D eigenvalue weighted by Gasteiger charge is 2.24. The number of aromatic nitrogens is 2. The third-order valence-electron chi connectivity index (χ3n) is 6.03. The Balaban J connectivity index is 1.20. The van der Waals surface area contributed by atoms with Crippen molar-refractivity contribution in [3.8, 4) is 0 Å². The third-order valence-corrected chi connectivity index (χ3v) is 6.03. The molecule has 1 amide bonds. The van der Waals surface area contributed by atoms with Crippen molar-refractivity contribution in [1.29, 1.82) is 0 Å². The maximum atomic E-state index is 12.5. The molecule has 5 rings (SSSR count). The van der Waals surface area contributed by atoms with Gasteiger partial charge >= 0.3 is 0 Å². The van der Waals surface area contributed by atoms with E-state index in [0.717, 1.165) is 16.8 Å². The van der Waals surface area contributed by atoms with Gasteiger partial charge in [-0.3, -0.25) is 19.3 Å². The zero-order valence-corrected chi connectivity index (χ0v) is 20.0. The summed E-state index contributed by atoms with van der Waals surface area (Å²) in [5.41, 5.74) is 3.07. The number of carbonyl (C=O) groups excluding carboxylic acids is 2. The van der Waals surface area contributed by atoms with Gasteiger partial charge in [0.2, 0.25) is 17.4 Å². The van der Waals surface area contributed by atoms with Crippen LogP contribution in [0.2, 0.25) is 0 Å². The molecule has 3 atom stereocenters. The van der Waals surface area contributed by atoms with E-state index < -0.39 is 5.92 Å². The van der Waals surface area contributed by atoms with E-state index in [1.807, 2.05) is 37.5 Å². The van der Waals surface area contributed by atoms with Crippen LogP contribution in [0.5, 0.6) is 0 Å². The first kappa shape index (κ1) is 23.9. The topological polar surface area (TPSA) is 124 Å². The Labute approximate surface area is 208 Å². The van der Waals surface area contributed by atoms with Crippen LogP contribution in [-0.4, -0.2) is 78.2 Å². The Morgan fingerprint density at radius 2 is 2.22 bits per heavy atom. The number of rotatable bonds is 7. The predicted molar refractivity (Wildman–Crippen MR) is 133 cm³/mol. The van der Waals surface area contributed by atoms with E-state index in [0.29, 0.717) is 55.9 Å². The van der Waals surface area contributed by atoms with Crippen molar-refractivity contribution in [3.63, 3.8) is 0 Å². The van der Waals surface area contributed by atoms with Crippen LogP contribution < -0.4 is 10.3 Å². The van der Waals surface area contributed by atoms with E-state index in [-0.39, 0.29) is 17.8 Å². The number of aliphatic imine (C=N–C) groups is 2. The van der Waals surface area contributed by atoms with Crippen LogP contribution in [-0.2, 0) is 32.5 Å². The summed E-state index contributed by atoms with van der Waals surface area (Å²) < 4.78 is 12.6. The number of hydrogen-bond donors (Lipinski definition) is 2. The lowest BCUT2D eigenvalue weighted by Crippen LogP contribution is -2.98. The van der Waals surface area contributed by atoms with Gasteiger partial charge < -0.3 is 14.8 Å². The normalized spacial score (nSPS) is 23.8. The van der Waals surface area contributed by atoms with Crippen LogP contribution >= 0.6 is 0 Å². The molecule has 1 saturated heterocycles. The number of nitrogens with zero attached hydrogens (tertiary/aromatic N) is 5. The van der Waals surface area contributed by atoms with Gasteiger partial charge in [0, 0.05) is 37.9 Å². The van der Waals surface area contributed by atoms with Crippen molar-refractivity contribution in [2.45, 2.75) is 12.5 Å². The highest BCUT2D eigenvalue weighted by molar-refractivity contribution is 6.44. The molecule has 2 N–H and O–H groups in total. The maximum Gasteiger partial charge on any atom is 0.230 e. The molecular weight excluding hydrogens is 462 g/mol. The molecule has 0 saturated carbocycles. The monoisotopic (exact) mass is 490 g/mol. The van der Waals surface area contributed by atoms with Gasteiger partial charge in [-0.15, -0.1) is 5.01 Å². The fourth-order valence-corrected chi connectivity index (χ4v) is 4.09. The summed E-state index contributed by atoms with van der Waals surface area (Å²) in [4.78, 5) is 33.9. The van der Waals surface area contributed by atoms with E-state index >= 15 is 0 Å². The van der Waals surface area contributed by atoms with E-state index in [9.17, 15) is 9.59 Å². The third kappa shape index (κ3) is 5.70. The minimum absolute atomic E-state index is 0.111. The SMILES string of the molecule is Cn1cc([NH+]2C=CC(=O)C(Cc3cccc(C4=NCC(C(=O)NCC5COCCO5)C=N4)c3)=N2)cn1. The number of allylic oxidation sites excluding steroid dienone is 1. The molecule has 0 radical (unpaired) electrons.